The summed E-state index contributed by atoms with van der Waals surface area (Å²) in [6.45, 7) is 0. The predicted molar refractivity (Wildman–Crippen MR) is 96.8 cm³/mol. The molecule has 3 heteroatoms. The van der Waals surface area contributed by atoms with E-state index in [9.17, 15) is 5.11 Å². The van der Waals surface area contributed by atoms with E-state index >= 15 is 0 Å². The lowest BCUT2D eigenvalue weighted by atomic mass is 10.3. The fourth-order valence-electron chi connectivity index (χ4n) is 2.20. The molecule has 3 aromatic rings. The van der Waals surface area contributed by atoms with Gasteiger partial charge in [-0.15, -0.1) is 0 Å². The molecule has 0 spiro atoms. The minimum Gasteiger partial charge on any atom is -0.508 e. The zero-order valence-corrected chi connectivity index (χ0v) is 11.9. The first-order chi connectivity index (χ1) is 9.84. The highest BCUT2D eigenvalue weighted by Crippen LogP contribution is 2.32. The Hall–Kier alpha value is -2.05. The number of aromatic hydroxyl groups is 1. The second kappa shape index (κ2) is 7.10. The van der Waals surface area contributed by atoms with Gasteiger partial charge in [0.1, 0.15) is 5.75 Å². The van der Waals surface area contributed by atoms with Crippen molar-refractivity contribution in [2.45, 2.75) is 0 Å². The van der Waals surface area contributed by atoms with E-state index in [4.69, 9.17) is 0 Å². The maximum atomic E-state index is 9.49. The molecular formula is C18H18BOP. The van der Waals surface area contributed by atoms with Gasteiger partial charge in [0.15, 0.2) is 0 Å². The molecule has 0 saturated heterocycles. The number of rotatable bonds is 3. The summed E-state index contributed by atoms with van der Waals surface area (Å²) in [6, 6.07) is 28.6. The Morgan fingerprint density at radius 1 is 0.524 bits per heavy atom. The van der Waals surface area contributed by atoms with Gasteiger partial charge >= 0.3 is 0 Å². The summed E-state index contributed by atoms with van der Waals surface area (Å²) in [5.41, 5.74) is 0. The van der Waals surface area contributed by atoms with Crippen molar-refractivity contribution in [1.82, 2.24) is 0 Å². The van der Waals surface area contributed by atoms with E-state index in [0.717, 1.165) is 0 Å². The molecule has 1 N–H and O–H groups in total. The van der Waals surface area contributed by atoms with Gasteiger partial charge in [0.25, 0.3) is 0 Å². The normalized spacial score (nSPS) is 10.1. The molecule has 0 aliphatic heterocycles. The Labute approximate surface area is 128 Å². The monoisotopic (exact) mass is 292 g/mol. The third-order valence-electron chi connectivity index (χ3n) is 3.14. The summed E-state index contributed by atoms with van der Waals surface area (Å²) in [5, 5.41) is 13.4. The molecule has 21 heavy (non-hydrogen) atoms. The molecule has 0 aromatic heterocycles. The van der Waals surface area contributed by atoms with Crippen molar-refractivity contribution >= 4 is 32.2 Å². The first-order valence-electron chi connectivity index (χ1n) is 6.54. The fourth-order valence-corrected chi connectivity index (χ4v) is 4.49. The van der Waals surface area contributed by atoms with Crippen LogP contribution in [0.15, 0.2) is 84.9 Å². The zero-order chi connectivity index (χ0) is 13.8. The molecule has 0 aliphatic carbocycles. The third kappa shape index (κ3) is 3.54. The summed E-state index contributed by atoms with van der Waals surface area (Å²) in [5.74, 6) is 0.310. The van der Waals surface area contributed by atoms with Gasteiger partial charge in [-0.05, 0) is 36.0 Å². The highest BCUT2D eigenvalue weighted by Gasteiger charge is 2.15. The lowest BCUT2D eigenvalue weighted by molar-refractivity contribution is 0.475. The Kier molecular flexibility index (Phi) is 5.19. The smallest absolute Gasteiger partial charge is 0.115 e. The molecule has 0 aliphatic rings. The highest BCUT2D eigenvalue weighted by atomic mass is 31.1. The number of benzene rings is 3. The topological polar surface area (TPSA) is 20.2 Å². The second-order valence-corrected chi connectivity index (χ2v) is 6.74. The summed E-state index contributed by atoms with van der Waals surface area (Å²) >= 11 is 0. The van der Waals surface area contributed by atoms with Gasteiger partial charge in [-0.1, -0.05) is 72.8 Å². The summed E-state index contributed by atoms with van der Waals surface area (Å²) < 4.78 is 0. The van der Waals surface area contributed by atoms with Crippen LogP contribution in [0.4, 0.5) is 0 Å². The minimum atomic E-state index is -0.569. The van der Waals surface area contributed by atoms with Crippen molar-refractivity contribution in [3.63, 3.8) is 0 Å². The number of hydrogen-bond acceptors (Lipinski definition) is 1. The Morgan fingerprint density at radius 3 is 1.33 bits per heavy atom. The van der Waals surface area contributed by atoms with Gasteiger partial charge in [-0.25, -0.2) is 0 Å². The maximum absolute atomic E-state index is 9.49. The van der Waals surface area contributed by atoms with E-state index in [0.29, 0.717) is 5.75 Å². The summed E-state index contributed by atoms with van der Waals surface area (Å²) in [7, 11) is -0.569. The molecule has 0 amide bonds. The lowest BCUT2D eigenvalue weighted by Gasteiger charge is -2.19. The van der Waals surface area contributed by atoms with E-state index in [1.165, 1.54) is 15.9 Å². The van der Waals surface area contributed by atoms with Crippen molar-refractivity contribution in [2.75, 3.05) is 0 Å². The Morgan fingerprint density at radius 2 is 0.905 bits per heavy atom. The molecule has 3 rings (SSSR count). The Bertz CT molecular complexity index is 629. The highest BCUT2D eigenvalue weighted by molar-refractivity contribution is 7.79. The molecule has 104 valence electrons. The van der Waals surface area contributed by atoms with Gasteiger partial charge in [0.2, 0.25) is 0 Å². The largest absolute Gasteiger partial charge is 0.508 e. The molecule has 3 aromatic carbocycles. The van der Waals surface area contributed by atoms with Crippen molar-refractivity contribution < 1.29 is 5.11 Å². The quantitative estimate of drug-likeness (QED) is 0.578. The Balaban J connectivity index is 0.00000161. The van der Waals surface area contributed by atoms with Crippen LogP contribution in [0.25, 0.3) is 0 Å². The molecule has 0 bridgehead atoms. The van der Waals surface area contributed by atoms with E-state index in [2.05, 4.69) is 48.5 Å². The SMILES string of the molecule is B.Oc1ccc(P(c2ccccc2)c2ccccc2)cc1. The number of phenols is 1. The van der Waals surface area contributed by atoms with Crippen LogP contribution >= 0.6 is 7.92 Å². The van der Waals surface area contributed by atoms with Crippen LogP contribution in [-0.4, -0.2) is 13.5 Å². The fraction of sp³-hybridized carbons (Fsp3) is 0. The van der Waals surface area contributed by atoms with Crippen LogP contribution in [-0.2, 0) is 0 Å². The standard InChI is InChI=1S/C18H15OP.BH3/c19-15-11-13-18(14-12-15)20(16-7-3-1-4-8-16)17-9-5-2-6-10-17;/h1-14,19H;1H3. The van der Waals surface area contributed by atoms with Gasteiger partial charge in [0, 0.05) is 0 Å². The molecule has 0 atom stereocenters. The molecule has 0 unspecified atom stereocenters. The van der Waals surface area contributed by atoms with Crippen LogP contribution in [0.3, 0.4) is 0 Å². The molecule has 0 saturated carbocycles. The third-order valence-corrected chi connectivity index (χ3v) is 5.58. The van der Waals surface area contributed by atoms with Gasteiger partial charge < -0.3 is 5.11 Å². The number of hydrogen-bond donors (Lipinski definition) is 1. The van der Waals surface area contributed by atoms with Crippen LogP contribution in [0, 0.1) is 0 Å². The maximum Gasteiger partial charge on any atom is 0.115 e. The first-order valence-corrected chi connectivity index (χ1v) is 7.88. The van der Waals surface area contributed by atoms with Gasteiger partial charge in [0.05, 0.1) is 8.41 Å². The van der Waals surface area contributed by atoms with Gasteiger partial charge in [-0.2, -0.15) is 0 Å². The molecule has 1 nitrogen and oxygen atoms in total. The van der Waals surface area contributed by atoms with Crippen molar-refractivity contribution in [2.24, 2.45) is 0 Å². The molecule has 0 radical (unpaired) electrons. The van der Waals surface area contributed by atoms with Gasteiger partial charge in [-0.3, -0.25) is 0 Å². The summed E-state index contributed by atoms with van der Waals surface area (Å²) in [4.78, 5) is 0. The predicted octanol–water partition coefficient (Wildman–Crippen LogP) is 1.97. The molecular weight excluding hydrogens is 274 g/mol. The van der Waals surface area contributed by atoms with Crippen LogP contribution in [0.5, 0.6) is 5.75 Å². The van der Waals surface area contributed by atoms with E-state index < -0.39 is 7.92 Å². The summed E-state index contributed by atoms with van der Waals surface area (Å²) in [6.07, 6.45) is 0. The first kappa shape index (κ1) is 15.3. The van der Waals surface area contributed by atoms with Crippen molar-refractivity contribution in [3.05, 3.63) is 84.9 Å². The average molecular weight is 292 g/mol. The van der Waals surface area contributed by atoms with Crippen molar-refractivity contribution in [3.8, 4) is 5.75 Å². The zero-order valence-electron chi connectivity index (χ0n) is 11.0. The number of phenolic OH excluding ortho intramolecular Hbond substituents is 1. The van der Waals surface area contributed by atoms with E-state index in [1.807, 2.05) is 24.3 Å². The second-order valence-electron chi connectivity index (χ2n) is 4.52. The van der Waals surface area contributed by atoms with Crippen LogP contribution in [0.2, 0.25) is 0 Å². The molecule has 0 heterocycles. The van der Waals surface area contributed by atoms with Crippen LogP contribution in [0.1, 0.15) is 0 Å². The molecule has 0 fully saturated rings. The van der Waals surface area contributed by atoms with Crippen molar-refractivity contribution in [1.29, 1.82) is 0 Å². The lowest BCUT2D eigenvalue weighted by Crippen LogP contribution is -2.20. The van der Waals surface area contributed by atoms with Crippen LogP contribution < -0.4 is 15.9 Å². The average Bonchev–Trinajstić information content (AvgIpc) is 2.52. The minimum absolute atomic E-state index is 0. The van der Waals surface area contributed by atoms with E-state index in [-0.39, 0.29) is 8.41 Å². The van der Waals surface area contributed by atoms with E-state index in [1.54, 1.807) is 12.1 Å².